The molecule has 2 aromatic carbocycles. The summed E-state index contributed by atoms with van der Waals surface area (Å²) in [6.07, 6.45) is 3.20. The molecule has 0 spiro atoms. The summed E-state index contributed by atoms with van der Waals surface area (Å²) < 4.78 is 13.2. The first-order valence-electron chi connectivity index (χ1n) is 11.2. The largest absolute Gasteiger partial charge is 0.357 e. The molecule has 7 nitrogen and oxygen atoms in total. The van der Waals surface area contributed by atoms with Crippen LogP contribution in [0.15, 0.2) is 79.3 Å². The number of anilines is 2. The van der Waals surface area contributed by atoms with E-state index < -0.39 is 0 Å². The van der Waals surface area contributed by atoms with Crippen molar-refractivity contribution in [2.45, 2.75) is 6.54 Å². The molecule has 0 unspecified atom stereocenters. The summed E-state index contributed by atoms with van der Waals surface area (Å²) in [4.78, 5) is 29.0. The Morgan fingerprint density at radius 1 is 0.941 bits per heavy atom. The summed E-state index contributed by atoms with van der Waals surface area (Å²) in [5, 5.41) is 2.83. The lowest BCUT2D eigenvalue weighted by Crippen LogP contribution is -2.46. The normalized spacial score (nSPS) is 14.2. The fraction of sp³-hybridized carbons (Fsp3) is 0.192. The second kappa shape index (κ2) is 9.84. The maximum atomic E-state index is 13.2. The number of H-pyrrole nitrogens is 1. The lowest BCUT2D eigenvalue weighted by molar-refractivity contribution is 0.102. The standard InChI is InChI=1S/C26H25FN6O/c27-22-8-6-20(7-9-22)21-14-23(28-16-21)26(34)31-24-15-25(30-18-29-24)33-12-10-32(11-13-33)17-19-4-2-1-3-5-19/h1-9,14-16,18,28H,10-13,17H2,(H,29,30,31,34). The second-order valence-corrected chi connectivity index (χ2v) is 8.27. The predicted octanol–water partition coefficient (Wildman–Crippen LogP) is 4.19. The van der Waals surface area contributed by atoms with E-state index in [1.807, 2.05) is 6.07 Å². The Labute approximate surface area is 197 Å². The molecule has 4 aromatic rings. The number of piperazine rings is 1. The van der Waals surface area contributed by atoms with Crippen LogP contribution in [0, 0.1) is 5.82 Å². The molecule has 0 bridgehead atoms. The molecular formula is C26H25FN6O. The monoisotopic (exact) mass is 456 g/mol. The number of carbonyl (C=O) groups excluding carboxylic acids is 1. The number of hydrogen-bond acceptors (Lipinski definition) is 5. The fourth-order valence-electron chi connectivity index (χ4n) is 4.08. The third-order valence-corrected chi connectivity index (χ3v) is 5.94. The Bertz CT molecular complexity index is 1250. The first-order valence-corrected chi connectivity index (χ1v) is 11.2. The van der Waals surface area contributed by atoms with Crippen molar-refractivity contribution < 1.29 is 9.18 Å². The van der Waals surface area contributed by atoms with Gasteiger partial charge in [-0.15, -0.1) is 0 Å². The molecule has 0 saturated carbocycles. The maximum absolute atomic E-state index is 13.2. The van der Waals surface area contributed by atoms with Crippen molar-refractivity contribution in [2.75, 3.05) is 36.4 Å². The predicted molar refractivity (Wildman–Crippen MR) is 130 cm³/mol. The van der Waals surface area contributed by atoms with Gasteiger partial charge in [-0.05, 0) is 34.9 Å². The fourth-order valence-corrected chi connectivity index (χ4v) is 4.08. The molecule has 1 saturated heterocycles. The van der Waals surface area contributed by atoms with Gasteiger partial charge in [-0.3, -0.25) is 9.69 Å². The van der Waals surface area contributed by atoms with E-state index in [4.69, 9.17) is 0 Å². The Balaban J connectivity index is 1.19. The molecule has 172 valence electrons. The summed E-state index contributed by atoms with van der Waals surface area (Å²) in [6, 6.07) is 20.2. The number of rotatable bonds is 6. The molecule has 0 radical (unpaired) electrons. The van der Waals surface area contributed by atoms with Gasteiger partial charge in [0.25, 0.3) is 5.91 Å². The molecule has 1 amide bonds. The minimum atomic E-state index is -0.300. The third kappa shape index (κ3) is 5.13. The van der Waals surface area contributed by atoms with Crippen LogP contribution in [0.25, 0.3) is 11.1 Å². The van der Waals surface area contributed by atoms with Crippen molar-refractivity contribution in [3.63, 3.8) is 0 Å². The van der Waals surface area contributed by atoms with E-state index in [2.05, 4.69) is 54.3 Å². The van der Waals surface area contributed by atoms with E-state index in [-0.39, 0.29) is 11.7 Å². The van der Waals surface area contributed by atoms with E-state index in [1.165, 1.54) is 24.0 Å². The van der Waals surface area contributed by atoms with Gasteiger partial charge < -0.3 is 15.2 Å². The van der Waals surface area contributed by atoms with Crippen molar-refractivity contribution in [3.8, 4) is 11.1 Å². The smallest absolute Gasteiger partial charge is 0.273 e. The number of nitrogens with one attached hydrogen (secondary N) is 2. The lowest BCUT2D eigenvalue weighted by Gasteiger charge is -2.35. The highest BCUT2D eigenvalue weighted by Crippen LogP contribution is 2.22. The minimum Gasteiger partial charge on any atom is -0.357 e. The van der Waals surface area contributed by atoms with Crippen LogP contribution in [0.4, 0.5) is 16.0 Å². The van der Waals surface area contributed by atoms with Crippen LogP contribution < -0.4 is 10.2 Å². The minimum absolute atomic E-state index is 0.297. The summed E-state index contributed by atoms with van der Waals surface area (Å²) in [6.45, 7) is 4.53. The van der Waals surface area contributed by atoms with Gasteiger partial charge in [-0.1, -0.05) is 42.5 Å². The number of halogens is 1. The lowest BCUT2D eigenvalue weighted by atomic mass is 10.1. The van der Waals surface area contributed by atoms with Crippen LogP contribution in [0.1, 0.15) is 16.1 Å². The van der Waals surface area contributed by atoms with E-state index in [1.54, 1.807) is 30.5 Å². The highest BCUT2D eigenvalue weighted by molar-refractivity contribution is 6.03. The zero-order valence-electron chi connectivity index (χ0n) is 18.6. The van der Waals surface area contributed by atoms with Gasteiger partial charge in [0.15, 0.2) is 0 Å². The van der Waals surface area contributed by atoms with Gasteiger partial charge in [-0.2, -0.15) is 0 Å². The number of benzene rings is 2. The van der Waals surface area contributed by atoms with Crippen LogP contribution in [-0.2, 0) is 6.54 Å². The van der Waals surface area contributed by atoms with Gasteiger partial charge >= 0.3 is 0 Å². The molecule has 0 aliphatic carbocycles. The molecule has 3 heterocycles. The van der Waals surface area contributed by atoms with Crippen molar-refractivity contribution in [3.05, 3.63) is 96.3 Å². The third-order valence-electron chi connectivity index (χ3n) is 5.94. The van der Waals surface area contributed by atoms with E-state index >= 15 is 0 Å². The van der Waals surface area contributed by atoms with Crippen LogP contribution in [-0.4, -0.2) is 51.9 Å². The number of aromatic amines is 1. The van der Waals surface area contributed by atoms with Crippen LogP contribution in [0.3, 0.4) is 0 Å². The molecule has 5 rings (SSSR count). The molecule has 2 N–H and O–H groups in total. The number of aromatic nitrogens is 3. The average molecular weight is 457 g/mol. The Morgan fingerprint density at radius 3 is 2.47 bits per heavy atom. The Hall–Kier alpha value is -4.04. The Morgan fingerprint density at radius 2 is 1.71 bits per heavy atom. The molecule has 34 heavy (non-hydrogen) atoms. The average Bonchev–Trinajstić information content (AvgIpc) is 3.36. The maximum Gasteiger partial charge on any atom is 0.273 e. The van der Waals surface area contributed by atoms with Crippen LogP contribution in [0.2, 0.25) is 0 Å². The van der Waals surface area contributed by atoms with Gasteiger partial charge in [-0.25, -0.2) is 14.4 Å². The SMILES string of the molecule is O=C(Nc1cc(N2CCN(Cc3ccccc3)CC2)ncn1)c1cc(-c2ccc(F)cc2)c[nH]1. The molecule has 1 fully saturated rings. The molecule has 2 aromatic heterocycles. The van der Waals surface area contributed by atoms with Gasteiger partial charge in [0.2, 0.25) is 0 Å². The zero-order chi connectivity index (χ0) is 23.3. The van der Waals surface area contributed by atoms with Crippen molar-refractivity contribution >= 4 is 17.5 Å². The number of carbonyl (C=O) groups is 1. The number of hydrogen-bond donors (Lipinski definition) is 2. The second-order valence-electron chi connectivity index (χ2n) is 8.27. The first kappa shape index (κ1) is 21.8. The van der Waals surface area contributed by atoms with Crippen LogP contribution in [0.5, 0.6) is 0 Å². The Kier molecular flexibility index (Phi) is 6.31. The summed E-state index contributed by atoms with van der Waals surface area (Å²) in [5.74, 6) is 0.642. The molecule has 1 aliphatic rings. The van der Waals surface area contributed by atoms with E-state index in [9.17, 15) is 9.18 Å². The van der Waals surface area contributed by atoms with Gasteiger partial charge in [0.1, 0.15) is 29.5 Å². The highest BCUT2D eigenvalue weighted by atomic mass is 19.1. The van der Waals surface area contributed by atoms with Crippen molar-refractivity contribution in [1.29, 1.82) is 0 Å². The van der Waals surface area contributed by atoms with E-state index in [0.717, 1.165) is 49.7 Å². The van der Waals surface area contributed by atoms with Crippen LogP contribution >= 0.6 is 0 Å². The van der Waals surface area contributed by atoms with Crippen molar-refractivity contribution in [2.24, 2.45) is 0 Å². The number of amides is 1. The summed E-state index contributed by atoms with van der Waals surface area (Å²) in [5.41, 5.74) is 3.35. The molecule has 0 atom stereocenters. The topological polar surface area (TPSA) is 77.2 Å². The van der Waals surface area contributed by atoms with Gasteiger partial charge in [0, 0.05) is 45.0 Å². The van der Waals surface area contributed by atoms with Crippen molar-refractivity contribution in [1.82, 2.24) is 19.9 Å². The molecule has 8 heteroatoms. The summed E-state index contributed by atoms with van der Waals surface area (Å²) >= 11 is 0. The first-order chi connectivity index (χ1) is 16.6. The van der Waals surface area contributed by atoms with E-state index in [0.29, 0.717) is 11.5 Å². The summed E-state index contributed by atoms with van der Waals surface area (Å²) in [7, 11) is 0. The van der Waals surface area contributed by atoms with Gasteiger partial charge in [0.05, 0.1) is 0 Å². The highest BCUT2D eigenvalue weighted by Gasteiger charge is 2.19. The number of nitrogens with zero attached hydrogens (tertiary/aromatic N) is 4. The zero-order valence-corrected chi connectivity index (χ0v) is 18.6. The molecule has 1 aliphatic heterocycles. The molecular weight excluding hydrogens is 431 g/mol. The quantitative estimate of drug-likeness (QED) is 0.455.